The third kappa shape index (κ3) is 5.51. The topological polar surface area (TPSA) is 62.3 Å². The second-order valence-corrected chi connectivity index (χ2v) is 8.72. The number of unbranched alkanes of at least 4 members (excludes halogenated alkanes) is 1. The number of aryl methyl sites for hydroxylation is 1. The summed E-state index contributed by atoms with van der Waals surface area (Å²) in [7, 11) is 0. The number of nitrogens with zero attached hydrogens (tertiary/aromatic N) is 2. The van der Waals surface area contributed by atoms with Gasteiger partial charge in [0.15, 0.2) is 0 Å². The lowest BCUT2D eigenvalue weighted by molar-refractivity contribution is -0.135. The Balaban J connectivity index is 1.35. The van der Waals surface area contributed by atoms with Crippen LogP contribution in [0.2, 0.25) is 0 Å². The molecule has 0 atom stereocenters. The molecule has 1 aromatic carbocycles. The van der Waals surface area contributed by atoms with Crippen molar-refractivity contribution in [2.24, 2.45) is 5.92 Å². The van der Waals surface area contributed by atoms with E-state index in [1.54, 1.807) is 11.3 Å². The molecular weight excluding hydrogens is 358 g/mol. The van der Waals surface area contributed by atoms with Gasteiger partial charge >= 0.3 is 0 Å². The minimum absolute atomic E-state index is 0.0514. The first-order valence-electron chi connectivity index (χ1n) is 9.95. The van der Waals surface area contributed by atoms with E-state index in [1.165, 1.54) is 4.70 Å². The monoisotopic (exact) mass is 387 g/mol. The zero-order valence-electron chi connectivity index (χ0n) is 16.2. The highest BCUT2D eigenvalue weighted by Crippen LogP contribution is 2.23. The zero-order valence-corrected chi connectivity index (χ0v) is 17.1. The lowest BCUT2D eigenvalue weighted by atomic mass is 9.95. The van der Waals surface area contributed by atoms with Crippen LogP contribution in [-0.2, 0) is 16.0 Å². The third-order valence-corrected chi connectivity index (χ3v) is 6.12. The number of likely N-dealkylation sites (tertiary alicyclic amines) is 1. The molecule has 3 rings (SSSR count). The molecule has 6 heteroatoms. The molecule has 1 aliphatic rings. The maximum atomic E-state index is 12.4. The number of amides is 2. The first kappa shape index (κ1) is 19.8. The van der Waals surface area contributed by atoms with E-state index in [1.807, 2.05) is 36.9 Å². The van der Waals surface area contributed by atoms with E-state index in [4.69, 9.17) is 0 Å². The molecule has 27 heavy (non-hydrogen) atoms. The van der Waals surface area contributed by atoms with Gasteiger partial charge in [-0.05, 0) is 58.1 Å². The number of piperidine rings is 1. The van der Waals surface area contributed by atoms with Crippen molar-refractivity contribution in [3.05, 3.63) is 29.3 Å². The minimum Gasteiger partial charge on any atom is -0.354 e. The van der Waals surface area contributed by atoms with Crippen molar-refractivity contribution < 1.29 is 9.59 Å². The Labute approximate surface area is 165 Å². The van der Waals surface area contributed by atoms with Crippen LogP contribution in [0, 0.1) is 5.92 Å². The van der Waals surface area contributed by atoms with Crippen molar-refractivity contribution in [1.82, 2.24) is 15.2 Å². The summed E-state index contributed by atoms with van der Waals surface area (Å²) in [5.41, 5.74) is 1.07. The van der Waals surface area contributed by atoms with Crippen LogP contribution in [0.15, 0.2) is 24.3 Å². The van der Waals surface area contributed by atoms with E-state index >= 15 is 0 Å². The molecule has 1 aliphatic heterocycles. The molecule has 2 heterocycles. The van der Waals surface area contributed by atoms with Crippen molar-refractivity contribution in [3.63, 3.8) is 0 Å². The predicted molar refractivity (Wildman–Crippen MR) is 110 cm³/mol. The van der Waals surface area contributed by atoms with Gasteiger partial charge in [0.25, 0.3) is 0 Å². The van der Waals surface area contributed by atoms with Gasteiger partial charge in [0.2, 0.25) is 11.8 Å². The summed E-state index contributed by atoms with van der Waals surface area (Å²) in [5, 5.41) is 4.13. The molecule has 1 N–H and O–H groups in total. The normalized spacial score (nSPS) is 15.4. The van der Waals surface area contributed by atoms with Crippen LogP contribution in [0.1, 0.15) is 51.0 Å². The second kappa shape index (κ2) is 9.31. The van der Waals surface area contributed by atoms with Crippen LogP contribution in [0.3, 0.4) is 0 Å². The lowest BCUT2D eigenvalue weighted by Crippen LogP contribution is -2.44. The first-order chi connectivity index (χ1) is 13.0. The summed E-state index contributed by atoms with van der Waals surface area (Å²) in [6, 6.07) is 8.38. The highest BCUT2D eigenvalue weighted by molar-refractivity contribution is 7.18. The van der Waals surface area contributed by atoms with Crippen LogP contribution in [0.25, 0.3) is 10.2 Å². The second-order valence-electron chi connectivity index (χ2n) is 7.60. The highest BCUT2D eigenvalue weighted by Gasteiger charge is 2.27. The maximum absolute atomic E-state index is 12.4. The van der Waals surface area contributed by atoms with Crippen LogP contribution in [-0.4, -0.2) is 40.8 Å². The van der Waals surface area contributed by atoms with E-state index in [0.29, 0.717) is 19.5 Å². The van der Waals surface area contributed by atoms with Gasteiger partial charge < -0.3 is 10.2 Å². The lowest BCUT2D eigenvalue weighted by Gasteiger charge is -2.31. The Morgan fingerprint density at radius 1 is 1.22 bits per heavy atom. The highest BCUT2D eigenvalue weighted by atomic mass is 32.1. The molecular formula is C21H29N3O2S. The molecule has 0 radical (unpaired) electrons. The van der Waals surface area contributed by atoms with Gasteiger partial charge in [0.05, 0.1) is 15.2 Å². The Hall–Kier alpha value is -1.95. The van der Waals surface area contributed by atoms with Crippen molar-refractivity contribution in [3.8, 4) is 0 Å². The van der Waals surface area contributed by atoms with Gasteiger partial charge in [0.1, 0.15) is 0 Å². The number of fused-ring (bicyclic) bond motifs is 1. The summed E-state index contributed by atoms with van der Waals surface area (Å²) in [4.78, 5) is 31.1. The third-order valence-electron chi connectivity index (χ3n) is 5.02. The predicted octanol–water partition coefficient (Wildman–Crippen LogP) is 3.77. The van der Waals surface area contributed by atoms with Crippen molar-refractivity contribution >= 4 is 33.4 Å². The molecule has 0 saturated carbocycles. The summed E-state index contributed by atoms with van der Waals surface area (Å²) in [5.74, 6) is 0.408. The number of nitrogens with one attached hydrogen (secondary N) is 1. The zero-order chi connectivity index (χ0) is 19.2. The Morgan fingerprint density at radius 3 is 2.67 bits per heavy atom. The fourth-order valence-corrected chi connectivity index (χ4v) is 4.54. The van der Waals surface area contributed by atoms with E-state index < -0.39 is 0 Å². The van der Waals surface area contributed by atoms with Crippen molar-refractivity contribution in [1.29, 1.82) is 0 Å². The number of carbonyl (C=O) groups excluding carboxylic acids is 2. The first-order valence-corrected chi connectivity index (χ1v) is 10.8. The fraction of sp³-hybridized carbons (Fsp3) is 0.571. The summed E-state index contributed by atoms with van der Waals surface area (Å²) in [6.45, 7) is 5.36. The minimum atomic E-state index is 0.0514. The largest absolute Gasteiger partial charge is 0.354 e. The van der Waals surface area contributed by atoms with Gasteiger partial charge in [-0.25, -0.2) is 4.98 Å². The number of benzene rings is 1. The molecule has 0 aliphatic carbocycles. The quantitative estimate of drug-likeness (QED) is 0.736. The molecule has 5 nitrogen and oxygen atoms in total. The SMILES string of the molecule is CC(C)NC(=O)C1CCN(C(=O)CCCCc2nc3ccccc3s2)CC1. The van der Waals surface area contributed by atoms with E-state index in [-0.39, 0.29) is 23.8 Å². The number of rotatable bonds is 7. The molecule has 1 saturated heterocycles. The average molecular weight is 388 g/mol. The standard InChI is InChI=1S/C21H29N3O2S/c1-15(2)22-21(26)16-11-13-24(14-12-16)20(25)10-6-5-9-19-23-17-7-3-4-8-18(17)27-19/h3-4,7-8,15-16H,5-6,9-14H2,1-2H3,(H,22,26). The number of hydrogen-bond donors (Lipinski definition) is 1. The number of para-hydroxylation sites is 1. The van der Waals surface area contributed by atoms with Gasteiger partial charge in [0, 0.05) is 31.5 Å². The number of aromatic nitrogens is 1. The van der Waals surface area contributed by atoms with Crippen molar-refractivity contribution in [2.45, 2.75) is 58.4 Å². The summed E-state index contributed by atoms with van der Waals surface area (Å²) < 4.78 is 1.23. The Morgan fingerprint density at radius 2 is 1.96 bits per heavy atom. The van der Waals surface area contributed by atoms with E-state index in [2.05, 4.69) is 16.4 Å². The molecule has 0 spiro atoms. The average Bonchev–Trinajstić information content (AvgIpc) is 3.07. The fourth-order valence-electron chi connectivity index (χ4n) is 3.53. The maximum Gasteiger partial charge on any atom is 0.223 e. The van der Waals surface area contributed by atoms with Gasteiger partial charge in [-0.1, -0.05) is 12.1 Å². The van der Waals surface area contributed by atoms with Crippen LogP contribution < -0.4 is 5.32 Å². The molecule has 146 valence electrons. The van der Waals surface area contributed by atoms with Gasteiger partial charge in [-0.3, -0.25) is 9.59 Å². The number of thiazole rings is 1. The Bertz CT molecular complexity index is 746. The summed E-state index contributed by atoms with van der Waals surface area (Å²) >= 11 is 1.75. The smallest absolute Gasteiger partial charge is 0.223 e. The molecule has 0 bridgehead atoms. The Kier molecular flexibility index (Phi) is 6.83. The van der Waals surface area contributed by atoms with Crippen LogP contribution in [0.4, 0.5) is 0 Å². The van der Waals surface area contributed by atoms with Gasteiger partial charge in [-0.15, -0.1) is 11.3 Å². The van der Waals surface area contributed by atoms with Crippen LogP contribution in [0.5, 0.6) is 0 Å². The molecule has 0 unspecified atom stereocenters. The van der Waals surface area contributed by atoms with E-state index in [9.17, 15) is 9.59 Å². The molecule has 2 aromatic rings. The summed E-state index contributed by atoms with van der Waals surface area (Å²) in [6.07, 6.45) is 4.95. The van der Waals surface area contributed by atoms with Crippen LogP contribution >= 0.6 is 11.3 Å². The molecule has 2 amide bonds. The van der Waals surface area contributed by atoms with Gasteiger partial charge in [-0.2, -0.15) is 0 Å². The van der Waals surface area contributed by atoms with E-state index in [0.717, 1.165) is 42.6 Å². The van der Waals surface area contributed by atoms with Crippen molar-refractivity contribution in [2.75, 3.05) is 13.1 Å². The molecule has 1 fully saturated rings. The number of carbonyl (C=O) groups is 2. The molecule has 1 aromatic heterocycles. The number of hydrogen-bond acceptors (Lipinski definition) is 4.